The number of carbonyl (C=O) groups is 1. The molecule has 0 unspecified atom stereocenters. The van der Waals surface area contributed by atoms with Gasteiger partial charge in [0.25, 0.3) is 0 Å². The molecule has 3 aromatic carbocycles. The number of nitrogen functional groups attached to an aromatic ring is 1. The Kier molecular flexibility index (Phi) is 3.55. The third-order valence-electron chi connectivity index (χ3n) is 4.90. The molecular formula is C23H14FN3O. The lowest BCUT2D eigenvalue weighted by Gasteiger charge is -2.10. The predicted molar refractivity (Wildman–Crippen MR) is 106 cm³/mol. The van der Waals surface area contributed by atoms with Crippen LogP contribution < -0.4 is 5.73 Å². The molecule has 4 aromatic rings. The third kappa shape index (κ3) is 2.41. The van der Waals surface area contributed by atoms with Crippen LogP contribution in [0.15, 0.2) is 72.8 Å². The van der Waals surface area contributed by atoms with Gasteiger partial charge in [-0.2, -0.15) is 0 Å². The third-order valence-corrected chi connectivity index (χ3v) is 4.90. The second-order valence-corrected chi connectivity index (χ2v) is 6.58. The fourth-order valence-electron chi connectivity index (χ4n) is 3.68. The molecule has 4 nitrogen and oxygen atoms in total. The van der Waals surface area contributed by atoms with Gasteiger partial charge in [0.15, 0.2) is 5.78 Å². The van der Waals surface area contributed by atoms with Gasteiger partial charge in [-0.25, -0.2) is 14.4 Å². The largest absolute Gasteiger partial charge is 0.368 e. The molecule has 1 aliphatic carbocycles. The summed E-state index contributed by atoms with van der Waals surface area (Å²) in [6.07, 6.45) is 0. The van der Waals surface area contributed by atoms with Crippen molar-refractivity contribution in [3.05, 3.63) is 89.7 Å². The maximum Gasteiger partial charge on any atom is 0.221 e. The summed E-state index contributed by atoms with van der Waals surface area (Å²) in [6, 6.07) is 21.3. The van der Waals surface area contributed by atoms with Gasteiger partial charge in [-0.05, 0) is 35.4 Å². The molecular weight excluding hydrogens is 353 g/mol. The van der Waals surface area contributed by atoms with Crippen LogP contribution in [0, 0.1) is 5.82 Å². The first-order valence-electron chi connectivity index (χ1n) is 8.80. The molecule has 0 radical (unpaired) electrons. The topological polar surface area (TPSA) is 68.9 Å². The van der Waals surface area contributed by atoms with Crippen LogP contribution >= 0.6 is 0 Å². The number of rotatable bonds is 2. The molecule has 0 spiro atoms. The fourth-order valence-corrected chi connectivity index (χ4v) is 3.68. The van der Waals surface area contributed by atoms with E-state index in [-0.39, 0.29) is 17.5 Å². The molecule has 1 aliphatic rings. The van der Waals surface area contributed by atoms with Crippen molar-refractivity contribution in [1.82, 2.24) is 9.97 Å². The molecule has 1 heterocycles. The van der Waals surface area contributed by atoms with Crippen LogP contribution in [-0.2, 0) is 0 Å². The zero-order chi connectivity index (χ0) is 19.3. The lowest BCUT2D eigenvalue weighted by atomic mass is 9.96. The number of halogens is 1. The van der Waals surface area contributed by atoms with Crippen LogP contribution in [0.5, 0.6) is 0 Å². The number of hydrogen-bond acceptors (Lipinski definition) is 4. The Hall–Kier alpha value is -3.86. The molecule has 0 aliphatic heterocycles. The highest BCUT2D eigenvalue weighted by atomic mass is 19.1. The lowest BCUT2D eigenvalue weighted by molar-refractivity contribution is 0.104. The molecule has 5 rings (SSSR count). The van der Waals surface area contributed by atoms with Crippen LogP contribution in [-0.4, -0.2) is 15.8 Å². The van der Waals surface area contributed by atoms with E-state index in [1.165, 1.54) is 12.1 Å². The maximum absolute atomic E-state index is 13.4. The Morgan fingerprint density at radius 1 is 0.679 bits per heavy atom. The molecule has 0 amide bonds. The van der Waals surface area contributed by atoms with E-state index in [1.807, 2.05) is 42.5 Å². The number of anilines is 1. The Morgan fingerprint density at radius 3 is 2.11 bits per heavy atom. The molecule has 1 aromatic heterocycles. The predicted octanol–water partition coefficient (Wildman–Crippen LogP) is 4.74. The van der Waals surface area contributed by atoms with Crippen LogP contribution in [0.1, 0.15) is 15.9 Å². The molecule has 28 heavy (non-hydrogen) atoms. The average molecular weight is 367 g/mol. The smallest absolute Gasteiger partial charge is 0.221 e. The Bertz CT molecular complexity index is 1230. The molecule has 0 fully saturated rings. The zero-order valence-electron chi connectivity index (χ0n) is 14.7. The van der Waals surface area contributed by atoms with E-state index < -0.39 is 0 Å². The van der Waals surface area contributed by atoms with Gasteiger partial charge in [0, 0.05) is 16.7 Å². The Labute approximate surface area is 160 Å². The van der Waals surface area contributed by atoms with Crippen molar-refractivity contribution in [2.24, 2.45) is 0 Å². The molecule has 5 heteroatoms. The van der Waals surface area contributed by atoms with Gasteiger partial charge in [-0.15, -0.1) is 0 Å². The fraction of sp³-hybridized carbons (Fsp3) is 0. The van der Waals surface area contributed by atoms with E-state index in [0.717, 1.165) is 16.7 Å². The molecule has 0 bridgehead atoms. The summed E-state index contributed by atoms with van der Waals surface area (Å²) in [4.78, 5) is 22.0. The zero-order valence-corrected chi connectivity index (χ0v) is 14.7. The van der Waals surface area contributed by atoms with Gasteiger partial charge in [0.05, 0.1) is 17.0 Å². The second kappa shape index (κ2) is 6.09. The molecule has 0 saturated heterocycles. The number of fused-ring (bicyclic) bond motifs is 3. The van der Waals surface area contributed by atoms with Crippen molar-refractivity contribution in [2.75, 3.05) is 5.73 Å². The summed E-state index contributed by atoms with van der Waals surface area (Å²) in [5.41, 5.74) is 11.2. The van der Waals surface area contributed by atoms with E-state index in [1.54, 1.807) is 18.2 Å². The van der Waals surface area contributed by atoms with Crippen molar-refractivity contribution in [3.8, 4) is 33.6 Å². The van der Waals surface area contributed by atoms with Gasteiger partial charge in [-0.1, -0.05) is 48.5 Å². The highest BCUT2D eigenvalue weighted by Crippen LogP contribution is 2.44. The number of ketones is 1. The van der Waals surface area contributed by atoms with Crippen molar-refractivity contribution >= 4 is 11.7 Å². The number of nitrogens with two attached hydrogens (primary N) is 1. The van der Waals surface area contributed by atoms with Crippen molar-refractivity contribution < 1.29 is 9.18 Å². The SMILES string of the molecule is Nc1nc(-c2ccc(F)cc2)c2c(n1)-c1c(cccc1-c1ccccc1)C2=O. The van der Waals surface area contributed by atoms with Crippen molar-refractivity contribution in [2.45, 2.75) is 0 Å². The summed E-state index contributed by atoms with van der Waals surface area (Å²) in [6.45, 7) is 0. The first-order valence-corrected chi connectivity index (χ1v) is 8.80. The summed E-state index contributed by atoms with van der Waals surface area (Å²) in [5, 5.41) is 0. The quantitative estimate of drug-likeness (QED) is 0.489. The van der Waals surface area contributed by atoms with E-state index in [9.17, 15) is 9.18 Å². The highest BCUT2D eigenvalue weighted by Gasteiger charge is 2.34. The minimum atomic E-state index is -0.358. The van der Waals surface area contributed by atoms with Gasteiger partial charge in [-0.3, -0.25) is 4.79 Å². The first-order chi connectivity index (χ1) is 13.6. The summed E-state index contributed by atoms with van der Waals surface area (Å²) >= 11 is 0. The lowest BCUT2D eigenvalue weighted by Crippen LogP contribution is -2.05. The van der Waals surface area contributed by atoms with Gasteiger partial charge in [0.1, 0.15) is 5.82 Å². The standard InChI is InChI=1S/C23H14FN3O/c24-15-11-9-14(10-12-15)20-19-21(27-23(25)26-20)18-16(13-5-2-1-3-6-13)7-4-8-17(18)22(19)28/h1-12H,(H2,25,26,27). The van der Waals surface area contributed by atoms with Gasteiger partial charge in [0.2, 0.25) is 5.95 Å². The number of benzene rings is 3. The van der Waals surface area contributed by atoms with Gasteiger partial charge >= 0.3 is 0 Å². The molecule has 2 N–H and O–H groups in total. The monoisotopic (exact) mass is 367 g/mol. The average Bonchev–Trinajstić information content (AvgIpc) is 3.01. The number of nitrogens with zero attached hydrogens (tertiary/aromatic N) is 2. The summed E-state index contributed by atoms with van der Waals surface area (Å²) in [7, 11) is 0. The van der Waals surface area contributed by atoms with E-state index >= 15 is 0 Å². The maximum atomic E-state index is 13.4. The van der Waals surface area contributed by atoms with Crippen LogP contribution in [0.25, 0.3) is 33.6 Å². The van der Waals surface area contributed by atoms with Crippen LogP contribution in [0.2, 0.25) is 0 Å². The van der Waals surface area contributed by atoms with E-state index in [4.69, 9.17) is 5.73 Å². The van der Waals surface area contributed by atoms with Crippen molar-refractivity contribution in [1.29, 1.82) is 0 Å². The molecule has 0 saturated carbocycles. The number of hydrogen-bond donors (Lipinski definition) is 1. The Balaban J connectivity index is 1.81. The van der Waals surface area contributed by atoms with Crippen molar-refractivity contribution in [3.63, 3.8) is 0 Å². The highest BCUT2D eigenvalue weighted by molar-refractivity contribution is 6.25. The van der Waals surface area contributed by atoms with E-state index in [2.05, 4.69) is 9.97 Å². The Morgan fingerprint density at radius 2 is 1.36 bits per heavy atom. The van der Waals surface area contributed by atoms with E-state index in [0.29, 0.717) is 28.1 Å². The van der Waals surface area contributed by atoms with Crippen LogP contribution in [0.3, 0.4) is 0 Å². The second-order valence-electron chi connectivity index (χ2n) is 6.58. The van der Waals surface area contributed by atoms with Gasteiger partial charge < -0.3 is 5.73 Å². The molecule has 134 valence electrons. The first kappa shape index (κ1) is 16.3. The molecule has 0 atom stereocenters. The number of aromatic nitrogens is 2. The normalized spacial score (nSPS) is 12.0. The summed E-state index contributed by atoms with van der Waals surface area (Å²) < 4.78 is 13.4. The minimum Gasteiger partial charge on any atom is -0.368 e. The van der Waals surface area contributed by atoms with Crippen LogP contribution in [0.4, 0.5) is 10.3 Å². The minimum absolute atomic E-state index is 0.0709. The number of carbonyl (C=O) groups excluding carboxylic acids is 1. The summed E-state index contributed by atoms with van der Waals surface area (Å²) in [5.74, 6) is -0.438.